The predicted molar refractivity (Wildman–Crippen MR) is 119 cm³/mol. The molecule has 2 aromatic carbocycles. The Kier molecular flexibility index (Phi) is 8.25. The molecule has 2 rings (SSSR count). The maximum absolute atomic E-state index is 12.9. The summed E-state index contributed by atoms with van der Waals surface area (Å²) in [5.41, 5.74) is 2.20. The Morgan fingerprint density at radius 3 is 2.37 bits per heavy atom. The minimum absolute atomic E-state index is 0.0912. The zero-order valence-corrected chi connectivity index (χ0v) is 18.9. The number of methoxy groups -OCH3 is 1. The van der Waals surface area contributed by atoms with Gasteiger partial charge in [-0.2, -0.15) is 0 Å². The third-order valence-electron chi connectivity index (χ3n) is 4.60. The van der Waals surface area contributed by atoms with Crippen molar-refractivity contribution in [2.45, 2.75) is 33.7 Å². The van der Waals surface area contributed by atoms with Crippen LogP contribution in [-0.4, -0.2) is 39.8 Å². The molecule has 0 aliphatic carbocycles. The van der Waals surface area contributed by atoms with Crippen LogP contribution >= 0.6 is 0 Å². The van der Waals surface area contributed by atoms with Crippen molar-refractivity contribution in [1.29, 1.82) is 0 Å². The standard InChI is InChI=1S/C22H30N2O5S/c1-6-29-19-13-12-16(14-20(19)28-5)17-10-8-9-11-18(17)23-22(25)21(15(3)4)24-30(26,27)7-2/h8-15,21,24H,6-7H2,1-5H3,(H,23,25). The van der Waals surface area contributed by atoms with Gasteiger partial charge in [-0.3, -0.25) is 4.79 Å². The number of sulfonamides is 1. The molecule has 0 heterocycles. The highest BCUT2D eigenvalue weighted by Crippen LogP contribution is 2.35. The van der Waals surface area contributed by atoms with Crippen LogP contribution in [-0.2, 0) is 14.8 Å². The van der Waals surface area contributed by atoms with Gasteiger partial charge in [-0.05, 0) is 43.5 Å². The fourth-order valence-electron chi connectivity index (χ4n) is 2.93. The lowest BCUT2D eigenvalue weighted by molar-refractivity contribution is -0.118. The number of rotatable bonds is 10. The quantitative estimate of drug-likeness (QED) is 0.595. The van der Waals surface area contributed by atoms with Crippen molar-refractivity contribution in [1.82, 2.24) is 4.72 Å². The van der Waals surface area contributed by atoms with E-state index in [0.29, 0.717) is 23.8 Å². The summed E-state index contributed by atoms with van der Waals surface area (Å²) in [6, 6.07) is 12.0. The van der Waals surface area contributed by atoms with Gasteiger partial charge in [0.2, 0.25) is 15.9 Å². The monoisotopic (exact) mass is 434 g/mol. The first-order valence-corrected chi connectivity index (χ1v) is 11.6. The molecule has 0 aromatic heterocycles. The third kappa shape index (κ3) is 5.96. The zero-order chi connectivity index (χ0) is 22.3. The number of amides is 1. The van der Waals surface area contributed by atoms with E-state index in [-0.39, 0.29) is 11.7 Å². The minimum Gasteiger partial charge on any atom is -0.493 e. The van der Waals surface area contributed by atoms with Crippen LogP contribution in [0.5, 0.6) is 11.5 Å². The van der Waals surface area contributed by atoms with Crippen LogP contribution in [0.3, 0.4) is 0 Å². The highest BCUT2D eigenvalue weighted by Gasteiger charge is 2.27. The van der Waals surface area contributed by atoms with E-state index in [2.05, 4.69) is 10.0 Å². The van der Waals surface area contributed by atoms with Crippen LogP contribution in [0.25, 0.3) is 11.1 Å². The highest BCUT2D eigenvalue weighted by molar-refractivity contribution is 7.89. The molecule has 0 saturated carbocycles. The average Bonchev–Trinajstić information content (AvgIpc) is 2.72. The lowest BCUT2D eigenvalue weighted by atomic mass is 10.0. The van der Waals surface area contributed by atoms with Gasteiger partial charge in [-0.25, -0.2) is 13.1 Å². The van der Waals surface area contributed by atoms with E-state index in [1.807, 2.05) is 43.3 Å². The van der Waals surface area contributed by atoms with E-state index < -0.39 is 22.0 Å². The molecule has 1 amide bonds. The minimum atomic E-state index is -3.52. The normalized spacial score (nSPS) is 12.5. The van der Waals surface area contributed by atoms with Gasteiger partial charge < -0.3 is 14.8 Å². The summed E-state index contributed by atoms with van der Waals surface area (Å²) in [5.74, 6) is 0.508. The molecule has 0 fully saturated rings. The molecular formula is C22H30N2O5S. The van der Waals surface area contributed by atoms with Crippen molar-refractivity contribution in [2.75, 3.05) is 24.8 Å². The molecule has 0 radical (unpaired) electrons. The number of nitrogens with one attached hydrogen (secondary N) is 2. The Balaban J connectivity index is 2.36. The van der Waals surface area contributed by atoms with Gasteiger partial charge in [0.25, 0.3) is 0 Å². The molecule has 7 nitrogen and oxygen atoms in total. The molecule has 1 unspecified atom stereocenters. The van der Waals surface area contributed by atoms with Gasteiger partial charge in [0.15, 0.2) is 11.5 Å². The number of carbonyl (C=O) groups is 1. The van der Waals surface area contributed by atoms with Crippen molar-refractivity contribution >= 4 is 21.6 Å². The average molecular weight is 435 g/mol. The summed E-state index contributed by atoms with van der Waals surface area (Å²) >= 11 is 0. The van der Waals surface area contributed by atoms with E-state index >= 15 is 0 Å². The maximum Gasteiger partial charge on any atom is 0.242 e. The van der Waals surface area contributed by atoms with Crippen molar-refractivity contribution in [3.8, 4) is 22.6 Å². The zero-order valence-electron chi connectivity index (χ0n) is 18.1. The van der Waals surface area contributed by atoms with Gasteiger partial charge in [-0.1, -0.05) is 38.1 Å². The number of carbonyl (C=O) groups excluding carboxylic acids is 1. The van der Waals surface area contributed by atoms with Gasteiger partial charge in [0, 0.05) is 11.3 Å². The first kappa shape index (κ1) is 23.7. The van der Waals surface area contributed by atoms with Crippen molar-refractivity contribution in [3.63, 3.8) is 0 Å². The second kappa shape index (κ2) is 10.4. The second-order valence-corrected chi connectivity index (χ2v) is 9.12. The van der Waals surface area contributed by atoms with E-state index in [0.717, 1.165) is 11.1 Å². The Morgan fingerprint density at radius 1 is 1.07 bits per heavy atom. The Morgan fingerprint density at radius 2 is 1.77 bits per heavy atom. The van der Waals surface area contributed by atoms with Gasteiger partial charge in [0.05, 0.1) is 19.5 Å². The summed E-state index contributed by atoms with van der Waals surface area (Å²) in [6.45, 7) is 7.55. The summed E-state index contributed by atoms with van der Waals surface area (Å²) in [5, 5.41) is 2.88. The fourth-order valence-corrected chi connectivity index (χ4v) is 3.87. The Bertz CT molecular complexity index is 973. The first-order valence-electron chi connectivity index (χ1n) is 9.93. The van der Waals surface area contributed by atoms with E-state index in [1.165, 1.54) is 6.92 Å². The van der Waals surface area contributed by atoms with Crippen LogP contribution < -0.4 is 19.5 Å². The number of benzene rings is 2. The predicted octanol–water partition coefficient (Wildman–Crippen LogP) is 3.66. The SMILES string of the molecule is CCOc1ccc(-c2ccccc2NC(=O)C(NS(=O)(=O)CC)C(C)C)cc1OC. The lowest BCUT2D eigenvalue weighted by Crippen LogP contribution is -2.47. The van der Waals surface area contributed by atoms with Crippen LogP contribution in [0, 0.1) is 5.92 Å². The Labute approximate surface area is 178 Å². The molecule has 164 valence electrons. The number of anilines is 1. The largest absolute Gasteiger partial charge is 0.493 e. The summed E-state index contributed by atoms with van der Waals surface area (Å²) < 4.78 is 37.5. The highest BCUT2D eigenvalue weighted by atomic mass is 32.2. The van der Waals surface area contributed by atoms with Gasteiger partial charge in [-0.15, -0.1) is 0 Å². The lowest BCUT2D eigenvalue weighted by Gasteiger charge is -2.22. The molecule has 0 bridgehead atoms. The van der Waals surface area contributed by atoms with Gasteiger partial charge >= 0.3 is 0 Å². The van der Waals surface area contributed by atoms with E-state index in [4.69, 9.17) is 9.47 Å². The number of hydrogen-bond acceptors (Lipinski definition) is 5. The maximum atomic E-state index is 12.9. The number of hydrogen-bond donors (Lipinski definition) is 2. The van der Waals surface area contributed by atoms with Gasteiger partial charge in [0.1, 0.15) is 6.04 Å². The molecular weight excluding hydrogens is 404 g/mol. The molecule has 2 N–H and O–H groups in total. The molecule has 0 saturated heterocycles. The molecule has 30 heavy (non-hydrogen) atoms. The van der Waals surface area contributed by atoms with Crippen LogP contribution in [0.4, 0.5) is 5.69 Å². The van der Waals surface area contributed by atoms with Crippen LogP contribution in [0.15, 0.2) is 42.5 Å². The molecule has 0 aliphatic rings. The topological polar surface area (TPSA) is 93.7 Å². The molecule has 1 atom stereocenters. The first-order chi connectivity index (χ1) is 14.2. The van der Waals surface area contributed by atoms with E-state index in [9.17, 15) is 13.2 Å². The number of ether oxygens (including phenoxy) is 2. The smallest absolute Gasteiger partial charge is 0.242 e. The number of para-hydroxylation sites is 1. The van der Waals surface area contributed by atoms with Crippen molar-refractivity contribution < 1.29 is 22.7 Å². The van der Waals surface area contributed by atoms with Crippen molar-refractivity contribution in [2.24, 2.45) is 5.92 Å². The summed E-state index contributed by atoms with van der Waals surface area (Å²) in [7, 11) is -1.95. The molecule has 0 aliphatic heterocycles. The molecule has 8 heteroatoms. The molecule has 0 spiro atoms. The Hall–Kier alpha value is -2.58. The summed E-state index contributed by atoms with van der Waals surface area (Å²) in [6.07, 6.45) is 0. The third-order valence-corrected chi connectivity index (χ3v) is 5.97. The van der Waals surface area contributed by atoms with Crippen molar-refractivity contribution in [3.05, 3.63) is 42.5 Å². The second-order valence-electron chi connectivity index (χ2n) is 7.08. The van der Waals surface area contributed by atoms with Crippen LogP contribution in [0.1, 0.15) is 27.7 Å². The fraction of sp³-hybridized carbons (Fsp3) is 0.409. The van der Waals surface area contributed by atoms with Crippen LogP contribution in [0.2, 0.25) is 0 Å². The molecule has 2 aromatic rings. The summed E-state index contributed by atoms with van der Waals surface area (Å²) in [4.78, 5) is 12.9. The van der Waals surface area contributed by atoms with E-state index in [1.54, 1.807) is 27.0 Å².